The van der Waals surface area contributed by atoms with Gasteiger partial charge in [0.25, 0.3) is 0 Å². The Balaban J connectivity index is 3.14. The highest BCUT2D eigenvalue weighted by atomic mass is 19.1. The lowest BCUT2D eigenvalue weighted by atomic mass is 10.0. The molecule has 0 radical (unpaired) electrons. The van der Waals surface area contributed by atoms with Crippen LogP contribution in [0, 0.1) is 30.0 Å². The van der Waals surface area contributed by atoms with E-state index in [0.717, 1.165) is 5.69 Å². The fraction of sp³-hybridized carbons (Fsp3) is 0.500. The van der Waals surface area contributed by atoms with Gasteiger partial charge in [0.05, 0.1) is 18.1 Å². The molecular weight excluding hydrogens is 231 g/mol. The summed E-state index contributed by atoms with van der Waals surface area (Å²) in [5.41, 5.74) is 1.85. The second kappa shape index (κ2) is 5.83. The maximum atomic E-state index is 13.5. The number of hydrogen-bond donors (Lipinski definition) is 1. The third-order valence-electron chi connectivity index (χ3n) is 2.94. The van der Waals surface area contributed by atoms with Gasteiger partial charge in [0.2, 0.25) is 0 Å². The summed E-state index contributed by atoms with van der Waals surface area (Å²) in [5, 5.41) is 18.5. The number of aliphatic hydroxyl groups excluding tert-OH is 1. The molecule has 0 aliphatic rings. The Morgan fingerprint density at radius 2 is 2.06 bits per heavy atom. The van der Waals surface area contributed by atoms with Crippen molar-refractivity contribution in [2.45, 2.75) is 26.9 Å². The lowest BCUT2D eigenvalue weighted by Crippen LogP contribution is -2.25. The van der Waals surface area contributed by atoms with Crippen LogP contribution in [-0.2, 0) is 0 Å². The molecular formula is C14H19FN2O. The zero-order valence-electron chi connectivity index (χ0n) is 11.2. The third kappa shape index (κ3) is 3.21. The average molecular weight is 250 g/mol. The van der Waals surface area contributed by atoms with Gasteiger partial charge in [-0.15, -0.1) is 0 Å². The molecule has 1 rings (SSSR count). The first kappa shape index (κ1) is 14.5. The van der Waals surface area contributed by atoms with Crippen molar-refractivity contribution in [3.8, 4) is 6.07 Å². The normalized spacial score (nSPS) is 13.8. The molecule has 98 valence electrons. The molecule has 18 heavy (non-hydrogen) atoms. The lowest BCUT2D eigenvalue weighted by Gasteiger charge is -2.25. The molecule has 4 heteroatoms. The second-order valence-electron chi connectivity index (χ2n) is 4.75. The number of halogens is 1. The van der Waals surface area contributed by atoms with Crippen LogP contribution in [0.25, 0.3) is 0 Å². The van der Waals surface area contributed by atoms with Gasteiger partial charge in [-0.2, -0.15) is 5.26 Å². The van der Waals surface area contributed by atoms with Crippen molar-refractivity contribution in [2.24, 2.45) is 5.92 Å². The minimum atomic E-state index is -0.741. The number of hydrogen-bond acceptors (Lipinski definition) is 3. The van der Waals surface area contributed by atoms with Gasteiger partial charge >= 0.3 is 0 Å². The number of aliphatic hydroxyl groups is 1. The van der Waals surface area contributed by atoms with Crippen LogP contribution in [0.3, 0.4) is 0 Å². The molecule has 0 bridgehead atoms. The van der Waals surface area contributed by atoms with Crippen LogP contribution in [0.15, 0.2) is 12.1 Å². The van der Waals surface area contributed by atoms with Crippen molar-refractivity contribution in [3.63, 3.8) is 0 Å². The molecule has 0 aliphatic carbocycles. The van der Waals surface area contributed by atoms with Crippen LogP contribution >= 0.6 is 0 Å². The topological polar surface area (TPSA) is 47.3 Å². The van der Waals surface area contributed by atoms with Gasteiger partial charge in [-0.3, -0.25) is 0 Å². The third-order valence-corrected chi connectivity index (χ3v) is 2.94. The van der Waals surface area contributed by atoms with Gasteiger partial charge in [0, 0.05) is 24.8 Å². The average Bonchev–Trinajstić information content (AvgIpc) is 2.31. The number of aryl methyl sites for hydroxylation is 1. The van der Waals surface area contributed by atoms with Crippen molar-refractivity contribution in [1.82, 2.24) is 0 Å². The van der Waals surface area contributed by atoms with Crippen molar-refractivity contribution < 1.29 is 9.50 Å². The van der Waals surface area contributed by atoms with Crippen LogP contribution < -0.4 is 4.90 Å². The summed E-state index contributed by atoms with van der Waals surface area (Å²) in [5.74, 6) is -0.446. The quantitative estimate of drug-likeness (QED) is 0.893. The molecule has 0 saturated heterocycles. The van der Waals surface area contributed by atoms with E-state index >= 15 is 0 Å². The molecule has 0 aliphatic heterocycles. The molecule has 2 unspecified atom stereocenters. The summed E-state index contributed by atoms with van der Waals surface area (Å²) >= 11 is 0. The molecule has 1 aromatic rings. The van der Waals surface area contributed by atoms with Crippen LogP contribution in [-0.4, -0.2) is 18.7 Å². The Labute approximate surface area is 107 Å². The number of nitriles is 1. The van der Waals surface area contributed by atoms with Crippen LogP contribution in [0.5, 0.6) is 0 Å². The highest BCUT2D eigenvalue weighted by molar-refractivity contribution is 5.56. The van der Waals surface area contributed by atoms with Crippen LogP contribution in [0.1, 0.15) is 31.1 Å². The van der Waals surface area contributed by atoms with E-state index in [9.17, 15) is 9.50 Å². The molecule has 0 saturated carbocycles. The maximum Gasteiger partial charge on any atom is 0.126 e. The standard InChI is InChI=1S/C14H19FN2O/c1-9(7-16)8-17(4)14-5-10(2)13(15)6-12(14)11(3)18/h5-6,9,11,18H,8H2,1-4H3. The Bertz CT molecular complexity index is 466. The SMILES string of the molecule is Cc1cc(N(C)CC(C)C#N)c(C(C)O)cc1F. The molecule has 2 atom stereocenters. The Hall–Kier alpha value is -1.60. The van der Waals surface area contributed by atoms with E-state index in [4.69, 9.17) is 5.26 Å². The van der Waals surface area contributed by atoms with Crippen LogP contribution in [0.2, 0.25) is 0 Å². The summed E-state index contributed by atoms with van der Waals surface area (Å²) < 4.78 is 13.5. The molecule has 3 nitrogen and oxygen atoms in total. The molecule has 1 aromatic carbocycles. The molecule has 0 amide bonds. The van der Waals surface area contributed by atoms with Gasteiger partial charge in [-0.05, 0) is 38.5 Å². The van der Waals surface area contributed by atoms with E-state index in [2.05, 4.69) is 6.07 Å². The first-order valence-corrected chi connectivity index (χ1v) is 5.95. The number of benzene rings is 1. The summed E-state index contributed by atoms with van der Waals surface area (Å²) in [6.45, 7) is 5.66. The Morgan fingerprint density at radius 3 is 2.56 bits per heavy atom. The molecule has 0 spiro atoms. The summed E-state index contributed by atoms with van der Waals surface area (Å²) in [7, 11) is 1.84. The molecule has 0 aromatic heterocycles. The summed E-state index contributed by atoms with van der Waals surface area (Å²) in [6, 6.07) is 5.24. The van der Waals surface area contributed by atoms with Crippen molar-refractivity contribution in [3.05, 3.63) is 29.1 Å². The highest BCUT2D eigenvalue weighted by Crippen LogP contribution is 2.29. The van der Waals surface area contributed by atoms with E-state index in [1.54, 1.807) is 19.9 Å². The fourth-order valence-electron chi connectivity index (χ4n) is 1.90. The fourth-order valence-corrected chi connectivity index (χ4v) is 1.90. The Morgan fingerprint density at radius 1 is 1.44 bits per heavy atom. The van der Waals surface area contributed by atoms with Gasteiger partial charge in [-0.25, -0.2) is 4.39 Å². The van der Waals surface area contributed by atoms with Gasteiger partial charge in [-0.1, -0.05) is 0 Å². The van der Waals surface area contributed by atoms with Gasteiger partial charge in [0.15, 0.2) is 0 Å². The van der Waals surface area contributed by atoms with Crippen molar-refractivity contribution in [2.75, 3.05) is 18.5 Å². The van der Waals surface area contributed by atoms with Crippen LogP contribution in [0.4, 0.5) is 10.1 Å². The van der Waals surface area contributed by atoms with Gasteiger partial charge in [0.1, 0.15) is 5.82 Å². The summed E-state index contributed by atoms with van der Waals surface area (Å²) in [4.78, 5) is 1.88. The highest BCUT2D eigenvalue weighted by Gasteiger charge is 2.16. The monoisotopic (exact) mass is 250 g/mol. The Kier molecular flexibility index (Phi) is 4.69. The van der Waals surface area contributed by atoms with E-state index in [1.807, 2.05) is 18.9 Å². The zero-order valence-corrected chi connectivity index (χ0v) is 11.2. The van der Waals surface area contributed by atoms with E-state index in [0.29, 0.717) is 17.7 Å². The zero-order chi connectivity index (χ0) is 13.9. The minimum absolute atomic E-state index is 0.123. The predicted molar refractivity (Wildman–Crippen MR) is 69.8 cm³/mol. The molecule has 1 N–H and O–H groups in total. The summed E-state index contributed by atoms with van der Waals surface area (Å²) in [6.07, 6.45) is -0.741. The number of rotatable bonds is 4. The van der Waals surface area contributed by atoms with Crippen molar-refractivity contribution >= 4 is 5.69 Å². The van der Waals surface area contributed by atoms with E-state index < -0.39 is 6.10 Å². The smallest absolute Gasteiger partial charge is 0.126 e. The second-order valence-corrected chi connectivity index (χ2v) is 4.75. The number of anilines is 1. The first-order valence-electron chi connectivity index (χ1n) is 5.95. The number of nitrogens with zero attached hydrogens (tertiary/aromatic N) is 2. The molecule has 0 heterocycles. The maximum absolute atomic E-state index is 13.5. The van der Waals surface area contributed by atoms with E-state index in [-0.39, 0.29) is 11.7 Å². The predicted octanol–water partition coefficient (Wildman–Crippen LogP) is 2.78. The minimum Gasteiger partial charge on any atom is -0.389 e. The largest absolute Gasteiger partial charge is 0.389 e. The van der Waals surface area contributed by atoms with Crippen molar-refractivity contribution in [1.29, 1.82) is 5.26 Å². The van der Waals surface area contributed by atoms with E-state index in [1.165, 1.54) is 6.07 Å². The molecule has 0 fully saturated rings. The van der Waals surface area contributed by atoms with Gasteiger partial charge < -0.3 is 10.0 Å². The lowest BCUT2D eigenvalue weighted by molar-refractivity contribution is 0.199. The first-order chi connectivity index (χ1) is 8.36.